The number of hydrogen-bond donors (Lipinski definition) is 1. The minimum absolute atomic E-state index is 0.107. The van der Waals surface area contributed by atoms with Gasteiger partial charge in [-0.3, -0.25) is 9.59 Å². The predicted molar refractivity (Wildman–Crippen MR) is 126 cm³/mol. The maximum absolute atomic E-state index is 13.7. The van der Waals surface area contributed by atoms with Crippen molar-refractivity contribution >= 4 is 17.5 Å². The van der Waals surface area contributed by atoms with Gasteiger partial charge >= 0.3 is 6.18 Å². The number of aryl methyl sites for hydroxylation is 2. The number of aliphatic imine (C=N–C) groups is 1. The third kappa shape index (κ3) is 4.55. The fourth-order valence-electron chi connectivity index (χ4n) is 4.94. The Morgan fingerprint density at radius 2 is 1.58 bits per heavy atom. The molecule has 1 N–H and O–H groups in total. The lowest BCUT2D eigenvalue weighted by Gasteiger charge is -2.32. The quantitative estimate of drug-likeness (QED) is 0.596. The van der Waals surface area contributed by atoms with E-state index in [1.807, 2.05) is 50.2 Å². The van der Waals surface area contributed by atoms with Crippen LogP contribution in [0.4, 0.5) is 13.2 Å². The van der Waals surface area contributed by atoms with Crippen molar-refractivity contribution in [1.82, 2.24) is 5.32 Å². The lowest BCUT2D eigenvalue weighted by molar-refractivity contribution is -0.132. The molecule has 0 radical (unpaired) electrons. The van der Waals surface area contributed by atoms with Crippen LogP contribution in [-0.2, 0) is 14.3 Å². The first-order chi connectivity index (χ1) is 17.1. The van der Waals surface area contributed by atoms with E-state index in [0.717, 1.165) is 17.2 Å². The second kappa shape index (κ2) is 9.20. The van der Waals surface area contributed by atoms with Crippen LogP contribution in [-0.4, -0.2) is 36.9 Å². The number of fused-ring (bicyclic) bond motifs is 2. The van der Waals surface area contributed by atoms with E-state index in [1.165, 1.54) is 0 Å². The Balaban J connectivity index is 1.50. The molecule has 1 fully saturated rings. The Morgan fingerprint density at radius 1 is 1.00 bits per heavy atom. The Morgan fingerprint density at radius 3 is 2.14 bits per heavy atom. The molecule has 1 atom stereocenters. The van der Waals surface area contributed by atoms with Crippen LogP contribution >= 0.6 is 0 Å². The van der Waals surface area contributed by atoms with Crippen LogP contribution in [0, 0.1) is 25.7 Å². The second-order valence-electron chi connectivity index (χ2n) is 9.41. The number of carbonyl (C=O) groups is 2. The number of ether oxygens (including phenoxy) is 2. The SMILES string of the molecule is Cc1ccc2c(c1)Oc1cc(C)ccc1C2NC(=O)C1C=C(C2CCOCC2)C(C(F)(F)F)=NC1=O. The molecule has 36 heavy (non-hydrogen) atoms. The van der Waals surface area contributed by atoms with Gasteiger partial charge in [0.25, 0.3) is 5.91 Å². The highest BCUT2D eigenvalue weighted by atomic mass is 19.4. The fourth-order valence-corrected chi connectivity index (χ4v) is 4.94. The van der Waals surface area contributed by atoms with E-state index >= 15 is 0 Å². The van der Waals surface area contributed by atoms with E-state index in [4.69, 9.17) is 9.47 Å². The zero-order valence-electron chi connectivity index (χ0n) is 19.8. The maximum Gasteiger partial charge on any atom is 0.433 e. The largest absolute Gasteiger partial charge is 0.457 e. The molecule has 0 saturated carbocycles. The monoisotopic (exact) mass is 498 g/mol. The summed E-state index contributed by atoms with van der Waals surface area (Å²) in [4.78, 5) is 29.5. The van der Waals surface area contributed by atoms with E-state index in [9.17, 15) is 22.8 Å². The smallest absolute Gasteiger partial charge is 0.433 e. The molecule has 0 aliphatic carbocycles. The number of rotatable bonds is 3. The summed E-state index contributed by atoms with van der Waals surface area (Å²) < 4.78 is 52.6. The number of carbonyl (C=O) groups excluding carboxylic acids is 2. The van der Waals surface area contributed by atoms with Gasteiger partial charge in [-0.25, -0.2) is 4.99 Å². The van der Waals surface area contributed by atoms with Crippen molar-refractivity contribution in [3.63, 3.8) is 0 Å². The molecule has 0 bridgehead atoms. The van der Waals surface area contributed by atoms with Gasteiger partial charge in [0, 0.05) is 24.3 Å². The normalized spacial score (nSPS) is 20.6. The number of nitrogens with one attached hydrogen (secondary N) is 1. The average Bonchev–Trinajstić information content (AvgIpc) is 2.83. The number of amides is 2. The summed E-state index contributed by atoms with van der Waals surface area (Å²) >= 11 is 0. The summed E-state index contributed by atoms with van der Waals surface area (Å²) in [5.41, 5.74) is 2.01. The van der Waals surface area contributed by atoms with Crippen LogP contribution in [0.5, 0.6) is 11.5 Å². The first kappa shape index (κ1) is 24.2. The average molecular weight is 499 g/mol. The van der Waals surface area contributed by atoms with Crippen molar-refractivity contribution in [1.29, 1.82) is 0 Å². The van der Waals surface area contributed by atoms with Crippen LogP contribution in [0.15, 0.2) is 53.0 Å². The highest BCUT2D eigenvalue weighted by Gasteiger charge is 2.45. The van der Waals surface area contributed by atoms with Crippen LogP contribution < -0.4 is 10.1 Å². The van der Waals surface area contributed by atoms with Crippen molar-refractivity contribution < 1.29 is 32.2 Å². The molecule has 1 saturated heterocycles. The highest BCUT2D eigenvalue weighted by Crippen LogP contribution is 2.44. The van der Waals surface area contributed by atoms with Crippen LogP contribution in [0.3, 0.4) is 0 Å². The summed E-state index contributed by atoms with van der Waals surface area (Å²) in [6.07, 6.45) is -2.92. The first-order valence-electron chi connectivity index (χ1n) is 11.8. The van der Waals surface area contributed by atoms with Crippen LogP contribution in [0.2, 0.25) is 0 Å². The number of nitrogens with zero attached hydrogens (tertiary/aromatic N) is 1. The Hall–Kier alpha value is -3.46. The molecule has 2 aromatic rings. The molecule has 0 spiro atoms. The van der Waals surface area contributed by atoms with Crippen molar-refractivity contribution in [2.45, 2.75) is 38.9 Å². The molecule has 9 heteroatoms. The van der Waals surface area contributed by atoms with Gasteiger partial charge in [-0.15, -0.1) is 0 Å². The van der Waals surface area contributed by atoms with Crippen molar-refractivity contribution in [2.75, 3.05) is 13.2 Å². The lowest BCUT2D eigenvalue weighted by Crippen LogP contribution is -2.42. The van der Waals surface area contributed by atoms with Gasteiger partial charge in [0.2, 0.25) is 5.91 Å². The summed E-state index contributed by atoms with van der Waals surface area (Å²) in [7, 11) is 0. The molecule has 1 unspecified atom stereocenters. The minimum Gasteiger partial charge on any atom is -0.457 e. The number of alkyl halides is 3. The van der Waals surface area contributed by atoms with Crippen molar-refractivity contribution in [3.05, 3.63) is 70.3 Å². The summed E-state index contributed by atoms with van der Waals surface area (Å²) in [6.45, 7) is 4.46. The molecular weight excluding hydrogens is 473 g/mol. The van der Waals surface area contributed by atoms with E-state index in [0.29, 0.717) is 48.7 Å². The standard InChI is InChI=1S/C27H25F3N2O4/c1-14-3-5-17-21(11-14)36-22-12-15(2)4-6-18(22)23(17)31-25(33)20-13-19(16-7-9-35-10-8-16)24(27(28,29)30)32-26(20)34/h3-6,11-13,16,20,23H,7-10H2,1-2H3,(H,31,33). The molecule has 6 nitrogen and oxygen atoms in total. The molecule has 3 aliphatic rings. The molecule has 3 aliphatic heterocycles. The Labute approximate surface area is 206 Å². The predicted octanol–water partition coefficient (Wildman–Crippen LogP) is 5.13. The highest BCUT2D eigenvalue weighted by molar-refractivity contribution is 6.17. The Bertz CT molecular complexity index is 1240. The van der Waals surface area contributed by atoms with Crippen LogP contribution in [0.25, 0.3) is 0 Å². The van der Waals surface area contributed by atoms with Gasteiger partial charge in [0.15, 0.2) is 5.71 Å². The summed E-state index contributed by atoms with van der Waals surface area (Å²) in [6, 6.07) is 10.5. The second-order valence-corrected chi connectivity index (χ2v) is 9.41. The molecular formula is C27H25F3N2O4. The Kier molecular flexibility index (Phi) is 6.20. The van der Waals surface area contributed by atoms with Crippen molar-refractivity contribution in [2.24, 2.45) is 16.8 Å². The topological polar surface area (TPSA) is 77.0 Å². The number of allylic oxidation sites excluding steroid dienone is 1. The van der Waals surface area contributed by atoms with Gasteiger partial charge in [0.1, 0.15) is 17.4 Å². The maximum atomic E-state index is 13.7. The third-order valence-electron chi connectivity index (χ3n) is 6.79. The van der Waals surface area contributed by atoms with Crippen molar-refractivity contribution in [3.8, 4) is 11.5 Å². The minimum atomic E-state index is -4.80. The lowest BCUT2D eigenvalue weighted by atomic mass is 9.83. The van der Waals surface area contributed by atoms with Gasteiger partial charge < -0.3 is 14.8 Å². The molecule has 2 aromatic carbocycles. The fraction of sp³-hybridized carbons (Fsp3) is 0.370. The van der Waals surface area contributed by atoms with Gasteiger partial charge in [-0.2, -0.15) is 13.2 Å². The van der Waals surface area contributed by atoms with E-state index < -0.39 is 41.6 Å². The molecule has 188 valence electrons. The van der Waals surface area contributed by atoms with E-state index in [2.05, 4.69) is 10.3 Å². The molecule has 0 aromatic heterocycles. The molecule has 2 amide bonds. The number of halogens is 3. The van der Waals surface area contributed by atoms with Gasteiger partial charge in [-0.1, -0.05) is 30.3 Å². The molecule has 5 rings (SSSR count). The first-order valence-corrected chi connectivity index (χ1v) is 11.8. The van der Waals surface area contributed by atoms with E-state index in [1.54, 1.807) is 0 Å². The third-order valence-corrected chi connectivity index (χ3v) is 6.79. The summed E-state index contributed by atoms with van der Waals surface area (Å²) in [5, 5.41) is 2.89. The molecule has 3 heterocycles. The van der Waals surface area contributed by atoms with Crippen LogP contribution in [0.1, 0.15) is 41.1 Å². The zero-order chi connectivity index (χ0) is 25.6. The number of hydrogen-bond acceptors (Lipinski definition) is 4. The van der Waals surface area contributed by atoms with Gasteiger partial charge in [-0.05, 0) is 61.4 Å². The summed E-state index contributed by atoms with van der Waals surface area (Å²) in [5.74, 6) is -2.64. The zero-order valence-corrected chi connectivity index (χ0v) is 19.8. The number of dihydropyridines is 1. The van der Waals surface area contributed by atoms with Gasteiger partial charge in [0.05, 0.1) is 6.04 Å². The number of benzene rings is 2. The van der Waals surface area contributed by atoms with E-state index in [-0.39, 0.29) is 5.57 Å².